The number of aryl methyl sites for hydroxylation is 1. The fourth-order valence-electron chi connectivity index (χ4n) is 2.78. The lowest BCUT2D eigenvalue weighted by molar-refractivity contribution is 0.102. The smallest absolute Gasteiger partial charge is 0.298 e. The molecule has 0 aliphatic rings. The van der Waals surface area contributed by atoms with Crippen molar-refractivity contribution >= 4 is 23.1 Å². The number of nitrogens with zero attached hydrogens (tertiary/aromatic N) is 2. The molecule has 1 heterocycles. The van der Waals surface area contributed by atoms with Gasteiger partial charge in [-0.1, -0.05) is 35.9 Å². The SMILES string of the molecule is Cc1ccc(Cc2nsc(Oc3cccc(C(=O)Nc4ccc(F)cc4)c3)n2)cc1. The van der Waals surface area contributed by atoms with E-state index in [4.69, 9.17) is 4.74 Å². The average molecular weight is 419 g/mol. The van der Waals surface area contributed by atoms with Crippen molar-refractivity contribution in [3.63, 3.8) is 0 Å². The number of halogens is 1. The van der Waals surface area contributed by atoms with Crippen molar-refractivity contribution in [2.45, 2.75) is 13.3 Å². The summed E-state index contributed by atoms with van der Waals surface area (Å²) in [5.41, 5.74) is 3.26. The summed E-state index contributed by atoms with van der Waals surface area (Å²) < 4.78 is 23.1. The van der Waals surface area contributed by atoms with Crippen LogP contribution < -0.4 is 10.1 Å². The van der Waals surface area contributed by atoms with E-state index >= 15 is 0 Å². The zero-order valence-corrected chi connectivity index (χ0v) is 16.9. The minimum Gasteiger partial charge on any atom is -0.430 e. The van der Waals surface area contributed by atoms with E-state index in [2.05, 4.69) is 38.9 Å². The number of benzene rings is 3. The molecule has 0 radical (unpaired) electrons. The maximum Gasteiger partial charge on any atom is 0.298 e. The number of amides is 1. The number of hydrogen-bond acceptors (Lipinski definition) is 5. The van der Waals surface area contributed by atoms with Crippen molar-refractivity contribution < 1.29 is 13.9 Å². The molecule has 1 N–H and O–H groups in total. The van der Waals surface area contributed by atoms with Crippen LogP contribution in [0.3, 0.4) is 0 Å². The molecular formula is C23H18FN3O2S. The Bertz CT molecular complexity index is 1160. The molecular weight excluding hydrogens is 401 g/mol. The highest BCUT2D eigenvalue weighted by atomic mass is 32.1. The number of aromatic nitrogens is 2. The molecule has 7 heteroatoms. The predicted molar refractivity (Wildman–Crippen MR) is 115 cm³/mol. The lowest BCUT2D eigenvalue weighted by Gasteiger charge is -2.07. The second-order valence-corrected chi connectivity index (χ2v) is 7.44. The van der Waals surface area contributed by atoms with Gasteiger partial charge in [0, 0.05) is 29.2 Å². The van der Waals surface area contributed by atoms with E-state index in [-0.39, 0.29) is 11.7 Å². The number of carbonyl (C=O) groups is 1. The summed E-state index contributed by atoms with van der Waals surface area (Å²) in [5, 5.41) is 3.14. The zero-order valence-electron chi connectivity index (χ0n) is 16.1. The summed E-state index contributed by atoms with van der Waals surface area (Å²) in [6, 6.07) is 20.6. The quantitative estimate of drug-likeness (QED) is 0.440. The molecule has 0 fully saturated rings. The normalized spacial score (nSPS) is 10.6. The van der Waals surface area contributed by atoms with Crippen LogP contribution in [0, 0.1) is 12.7 Å². The van der Waals surface area contributed by atoms with E-state index in [0.29, 0.717) is 34.4 Å². The Hall–Kier alpha value is -3.58. The van der Waals surface area contributed by atoms with E-state index in [1.54, 1.807) is 24.3 Å². The highest BCUT2D eigenvalue weighted by molar-refractivity contribution is 7.07. The van der Waals surface area contributed by atoms with E-state index in [1.165, 1.54) is 41.4 Å². The van der Waals surface area contributed by atoms with Gasteiger partial charge >= 0.3 is 0 Å². The molecule has 1 aromatic heterocycles. The summed E-state index contributed by atoms with van der Waals surface area (Å²) >= 11 is 1.17. The van der Waals surface area contributed by atoms with Gasteiger partial charge in [-0.3, -0.25) is 4.79 Å². The molecule has 4 rings (SSSR count). The first kappa shape index (κ1) is 19.7. The van der Waals surface area contributed by atoms with E-state index in [9.17, 15) is 9.18 Å². The van der Waals surface area contributed by atoms with Crippen molar-refractivity contribution in [2.24, 2.45) is 0 Å². The molecule has 0 atom stereocenters. The third-order valence-electron chi connectivity index (χ3n) is 4.34. The number of ether oxygens (including phenoxy) is 1. The van der Waals surface area contributed by atoms with E-state index in [0.717, 1.165) is 5.56 Å². The minimum absolute atomic E-state index is 0.315. The molecule has 5 nitrogen and oxygen atoms in total. The largest absolute Gasteiger partial charge is 0.430 e. The Labute approximate surface area is 177 Å². The van der Waals surface area contributed by atoms with Crippen LogP contribution in [0.1, 0.15) is 27.3 Å². The fourth-order valence-corrected chi connectivity index (χ4v) is 3.35. The van der Waals surface area contributed by atoms with Crippen LogP contribution in [-0.4, -0.2) is 15.3 Å². The van der Waals surface area contributed by atoms with Gasteiger partial charge < -0.3 is 10.1 Å². The maximum atomic E-state index is 13.0. The van der Waals surface area contributed by atoms with Crippen molar-refractivity contribution in [2.75, 3.05) is 5.32 Å². The van der Waals surface area contributed by atoms with Crippen LogP contribution in [0.2, 0.25) is 0 Å². The van der Waals surface area contributed by atoms with Crippen LogP contribution in [0.15, 0.2) is 72.8 Å². The molecule has 150 valence electrons. The number of nitrogens with one attached hydrogen (secondary N) is 1. The Balaban J connectivity index is 1.41. The standard InChI is InChI=1S/C23H18FN3O2S/c1-15-5-7-16(8-6-15)13-21-26-23(30-27-21)29-20-4-2-3-17(14-20)22(28)25-19-11-9-18(24)10-12-19/h2-12,14H,13H2,1H3,(H,25,28). The average Bonchev–Trinajstić information content (AvgIpc) is 3.18. The lowest BCUT2D eigenvalue weighted by Crippen LogP contribution is -2.11. The van der Waals surface area contributed by atoms with Crippen LogP contribution in [0.4, 0.5) is 10.1 Å². The third-order valence-corrected chi connectivity index (χ3v) is 4.97. The molecule has 0 bridgehead atoms. The highest BCUT2D eigenvalue weighted by Gasteiger charge is 2.11. The lowest BCUT2D eigenvalue weighted by atomic mass is 10.1. The maximum absolute atomic E-state index is 13.0. The molecule has 0 aliphatic carbocycles. The monoisotopic (exact) mass is 419 g/mol. The number of hydrogen-bond donors (Lipinski definition) is 1. The first-order valence-electron chi connectivity index (χ1n) is 9.28. The second kappa shape index (κ2) is 8.84. The van der Waals surface area contributed by atoms with E-state index in [1.807, 2.05) is 6.92 Å². The zero-order chi connectivity index (χ0) is 20.9. The Morgan fingerprint density at radius 1 is 1.07 bits per heavy atom. The summed E-state index contributed by atoms with van der Waals surface area (Å²) in [6.07, 6.45) is 0.625. The van der Waals surface area contributed by atoms with Crippen LogP contribution in [0.25, 0.3) is 0 Å². The molecule has 1 amide bonds. The van der Waals surface area contributed by atoms with Crippen molar-refractivity contribution in [1.29, 1.82) is 0 Å². The molecule has 0 spiro atoms. The number of rotatable bonds is 6. The van der Waals surface area contributed by atoms with Gasteiger partial charge in [0.2, 0.25) is 0 Å². The predicted octanol–water partition coefficient (Wildman–Crippen LogP) is 5.62. The van der Waals surface area contributed by atoms with Gasteiger partial charge in [0.15, 0.2) is 5.82 Å². The van der Waals surface area contributed by atoms with Crippen molar-refractivity contribution in [3.05, 3.63) is 101 Å². The van der Waals surface area contributed by atoms with Gasteiger partial charge in [-0.15, -0.1) is 0 Å². The van der Waals surface area contributed by atoms with Crippen LogP contribution in [0.5, 0.6) is 10.9 Å². The van der Waals surface area contributed by atoms with Gasteiger partial charge in [0.05, 0.1) is 0 Å². The van der Waals surface area contributed by atoms with E-state index < -0.39 is 0 Å². The number of carbonyl (C=O) groups excluding carboxylic acids is 1. The van der Waals surface area contributed by atoms with Gasteiger partial charge in [-0.25, -0.2) is 4.39 Å². The number of anilines is 1. The third kappa shape index (κ3) is 5.07. The molecule has 0 saturated heterocycles. The molecule has 0 saturated carbocycles. The van der Waals surface area contributed by atoms with Crippen molar-refractivity contribution in [3.8, 4) is 10.9 Å². The second-order valence-electron chi connectivity index (χ2n) is 6.73. The molecule has 0 aliphatic heterocycles. The first-order valence-corrected chi connectivity index (χ1v) is 10.1. The summed E-state index contributed by atoms with van der Waals surface area (Å²) in [4.78, 5) is 16.9. The summed E-state index contributed by atoms with van der Waals surface area (Å²) in [7, 11) is 0. The fraction of sp³-hybridized carbons (Fsp3) is 0.0870. The molecule has 4 aromatic rings. The first-order chi connectivity index (χ1) is 14.5. The van der Waals surface area contributed by atoms with Crippen molar-refractivity contribution in [1.82, 2.24) is 9.36 Å². The van der Waals surface area contributed by atoms with Crippen LogP contribution >= 0.6 is 11.5 Å². The molecule has 3 aromatic carbocycles. The highest BCUT2D eigenvalue weighted by Crippen LogP contribution is 2.25. The van der Waals surface area contributed by atoms with Crippen LogP contribution in [-0.2, 0) is 6.42 Å². The Kier molecular flexibility index (Phi) is 5.81. The minimum atomic E-state index is -0.359. The van der Waals surface area contributed by atoms with Gasteiger partial charge in [-0.2, -0.15) is 9.36 Å². The summed E-state index contributed by atoms with van der Waals surface area (Å²) in [6.45, 7) is 2.05. The van der Waals surface area contributed by atoms with Gasteiger partial charge in [-0.05, 0) is 55.0 Å². The Morgan fingerprint density at radius 3 is 2.60 bits per heavy atom. The Morgan fingerprint density at radius 2 is 1.83 bits per heavy atom. The summed E-state index contributed by atoms with van der Waals surface area (Å²) in [5.74, 6) is 0.496. The molecule has 30 heavy (non-hydrogen) atoms. The molecule has 0 unspecified atom stereocenters. The van der Waals surface area contributed by atoms with Gasteiger partial charge in [0.25, 0.3) is 11.1 Å². The van der Waals surface area contributed by atoms with Gasteiger partial charge in [0.1, 0.15) is 11.6 Å². The topological polar surface area (TPSA) is 64.1 Å².